The summed E-state index contributed by atoms with van der Waals surface area (Å²) in [6.45, 7) is 0. The van der Waals surface area contributed by atoms with Crippen LogP contribution in [0.25, 0.3) is 0 Å². The van der Waals surface area contributed by atoms with Crippen LogP contribution < -0.4 is 4.74 Å². The number of para-hydroxylation sites is 1. The van der Waals surface area contributed by atoms with Crippen molar-refractivity contribution in [1.29, 1.82) is 0 Å². The molecule has 0 bridgehead atoms. The fraction of sp³-hybridized carbons (Fsp3) is 0.500. The van der Waals surface area contributed by atoms with E-state index in [2.05, 4.69) is 0 Å². The molecule has 0 saturated heterocycles. The molecule has 0 fully saturated rings. The first kappa shape index (κ1) is 15.2. The molecule has 0 spiro atoms. The molecule has 1 aromatic carbocycles. The zero-order valence-corrected chi connectivity index (χ0v) is 11.7. The molecule has 102 valence electrons. The Labute approximate surface area is 107 Å². The number of methoxy groups -OCH3 is 1. The zero-order valence-electron chi connectivity index (χ0n) is 10.8. The molecule has 0 heterocycles. The minimum atomic E-state index is -3.19. The van der Waals surface area contributed by atoms with E-state index >= 15 is 0 Å². The van der Waals surface area contributed by atoms with Crippen LogP contribution in [0.2, 0.25) is 0 Å². The van der Waals surface area contributed by atoms with E-state index in [9.17, 15) is 9.67 Å². The molecule has 0 radical (unpaired) electrons. The Balaban J connectivity index is 2.70. The van der Waals surface area contributed by atoms with Gasteiger partial charge < -0.3 is 18.9 Å². The highest BCUT2D eigenvalue weighted by atomic mass is 31.2. The van der Waals surface area contributed by atoms with Gasteiger partial charge in [0.25, 0.3) is 0 Å². The third-order valence-electron chi connectivity index (χ3n) is 2.64. The van der Waals surface area contributed by atoms with Gasteiger partial charge in [-0.15, -0.1) is 0 Å². The van der Waals surface area contributed by atoms with Crippen molar-refractivity contribution in [2.24, 2.45) is 0 Å². The van der Waals surface area contributed by atoms with Gasteiger partial charge in [-0.25, -0.2) is 0 Å². The zero-order chi connectivity index (χ0) is 13.6. The van der Waals surface area contributed by atoms with Crippen molar-refractivity contribution >= 4 is 7.60 Å². The van der Waals surface area contributed by atoms with E-state index in [0.717, 1.165) is 5.56 Å². The van der Waals surface area contributed by atoms with E-state index in [1.165, 1.54) is 14.2 Å². The van der Waals surface area contributed by atoms with Crippen molar-refractivity contribution in [3.63, 3.8) is 0 Å². The lowest BCUT2D eigenvalue weighted by atomic mass is 10.1. The average molecular weight is 274 g/mol. The van der Waals surface area contributed by atoms with Crippen LogP contribution in [0.1, 0.15) is 5.56 Å². The molecule has 1 N–H and O–H groups in total. The Bertz CT molecular complexity index is 413. The fourth-order valence-electron chi connectivity index (χ4n) is 1.67. The van der Waals surface area contributed by atoms with E-state index in [0.29, 0.717) is 12.2 Å². The van der Waals surface area contributed by atoms with Crippen molar-refractivity contribution in [2.45, 2.75) is 12.5 Å². The first-order valence-corrected chi connectivity index (χ1v) is 7.28. The summed E-state index contributed by atoms with van der Waals surface area (Å²) < 4.78 is 26.6. The Morgan fingerprint density at radius 3 is 2.39 bits per heavy atom. The molecule has 18 heavy (non-hydrogen) atoms. The van der Waals surface area contributed by atoms with Crippen LogP contribution in [0.4, 0.5) is 0 Å². The third kappa shape index (κ3) is 4.10. The van der Waals surface area contributed by atoms with Gasteiger partial charge in [-0.3, -0.25) is 4.57 Å². The smallest absolute Gasteiger partial charge is 0.332 e. The fourth-order valence-corrected chi connectivity index (χ4v) is 2.76. The highest BCUT2D eigenvalue weighted by Gasteiger charge is 2.26. The van der Waals surface area contributed by atoms with Gasteiger partial charge in [0.2, 0.25) is 0 Å². The highest BCUT2D eigenvalue weighted by Crippen LogP contribution is 2.47. The summed E-state index contributed by atoms with van der Waals surface area (Å²) in [4.78, 5) is 0. The van der Waals surface area contributed by atoms with Gasteiger partial charge in [-0.2, -0.15) is 0 Å². The quantitative estimate of drug-likeness (QED) is 0.771. The minimum Gasteiger partial charge on any atom is -0.496 e. The molecule has 0 aliphatic rings. The van der Waals surface area contributed by atoms with Gasteiger partial charge in [0.05, 0.1) is 19.4 Å². The normalized spacial score (nSPS) is 13.3. The van der Waals surface area contributed by atoms with Crippen molar-refractivity contribution in [1.82, 2.24) is 0 Å². The van der Waals surface area contributed by atoms with Crippen LogP contribution >= 0.6 is 7.60 Å². The summed E-state index contributed by atoms with van der Waals surface area (Å²) in [5.74, 6) is 0.696. The van der Waals surface area contributed by atoms with E-state index in [1.54, 1.807) is 7.11 Å². The topological polar surface area (TPSA) is 65.0 Å². The van der Waals surface area contributed by atoms with Crippen LogP contribution in [0.15, 0.2) is 24.3 Å². The summed E-state index contributed by atoms with van der Waals surface area (Å²) in [6.07, 6.45) is -0.522. The van der Waals surface area contributed by atoms with Gasteiger partial charge in [0.15, 0.2) is 0 Å². The monoisotopic (exact) mass is 274 g/mol. The average Bonchev–Trinajstić information content (AvgIpc) is 2.39. The molecule has 0 amide bonds. The summed E-state index contributed by atoms with van der Waals surface area (Å²) in [6, 6.07) is 7.38. The molecule has 1 atom stereocenters. The van der Waals surface area contributed by atoms with E-state index < -0.39 is 13.7 Å². The standard InChI is InChI=1S/C12H19O5P/c1-15-12-7-5-4-6-10(12)8-11(13)9-18(14,16-2)17-3/h4-7,11,13H,8-9H2,1-3H3. The van der Waals surface area contributed by atoms with E-state index in [-0.39, 0.29) is 6.16 Å². The number of ether oxygens (including phenoxy) is 1. The first-order chi connectivity index (χ1) is 8.54. The van der Waals surface area contributed by atoms with Gasteiger partial charge in [-0.1, -0.05) is 18.2 Å². The number of benzene rings is 1. The lowest BCUT2D eigenvalue weighted by Gasteiger charge is -2.18. The molecular formula is C12H19O5P. The molecule has 5 nitrogen and oxygen atoms in total. The number of aliphatic hydroxyl groups excluding tert-OH is 1. The predicted octanol–water partition coefficient (Wildman–Crippen LogP) is 2.08. The first-order valence-electron chi connectivity index (χ1n) is 5.55. The summed E-state index contributed by atoms with van der Waals surface area (Å²) in [5, 5.41) is 9.93. The number of hydrogen-bond acceptors (Lipinski definition) is 5. The van der Waals surface area contributed by atoms with Crippen LogP contribution in [0.3, 0.4) is 0 Å². The molecule has 1 rings (SSSR count). The second-order valence-corrected chi connectivity index (χ2v) is 6.15. The SMILES string of the molecule is COc1ccccc1CC(O)CP(=O)(OC)OC. The van der Waals surface area contributed by atoms with Crippen LogP contribution in [0.5, 0.6) is 5.75 Å². The van der Waals surface area contributed by atoms with Crippen molar-refractivity contribution in [3.05, 3.63) is 29.8 Å². The highest BCUT2D eigenvalue weighted by molar-refractivity contribution is 7.53. The van der Waals surface area contributed by atoms with Crippen LogP contribution in [0, 0.1) is 0 Å². The van der Waals surface area contributed by atoms with Gasteiger partial charge in [0, 0.05) is 20.6 Å². The summed E-state index contributed by atoms with van der Waals surface area (Å²) in [5.41, 5.74) is 0.853. The number of rotatable bonds is 7. The predicted molar refractivity (Wildman–Crippen MR) is 69.2 cm³/mol. The maximum absolute atomic E-state index is 11.9. The minimum absolute atomic E-state index is 0.0436. The Kier molecular flexibility index (Phi) is 5.82. The molecule has 0 saturated carbocycles. The van der Waals surface area contributed by atoms with Crippen molar-refractivity contribution < 1.29 is 23.5 Å². The Morgan fingerprint density at radius 1 is 1.22 bits per heavy atom. The van der Waals surface area contributed by atoms with Crippen molar-refractivity contribution in [2.75, 3.05) is 27.5 Å². The molecule has 0 aromatic heterocycles. The molecule has 6 heteroatoms. The Hall–Kier alpha value is -0.870. The Morgan fingerprint density at radius 2 is 1.83 bits per heavy atom. The van der Waals surface area contributed by atoms with Crippen molar-refractivity contribution in [3.8, 4) is 5.75 Å². The summed E-state index contributed by atoms with van der Waals surface area (Å²) >= 11 is 0. The van der Waals surface area contributed by atoms with Gasteiger partial charge in [-0.05, 0) is 11.6 Å². The van der Waals surface area contributed by atoms with E-state index in [4.69, 9.17) is 13.8 Å². The molecule has 1 aromatic rings. The van der Waals surface area contributed by atoms with Crippen LogP contribution in [-0.4, -0.2) is 38.7 Å². The van der Waals surface area contributed by atoms with Gasteiger partial charge in [0.1, 0.15) is 5.75 Å². The molecule has 0 aliphatic carbocycles. The maximum Gasteiger partial charge on any atom is 0.332 e. The number of aliphatic hydroxyl groups is 1. The van der Waals surface area contributed by atoms with Gasteiger partial charge >= 0.3 is 7.60 Å². The molecule has 1 unspecified atom stereocenters. The van der Waals surface area contributed by atoms with Crippen LogP contribution in [-0.2, 0) is 20.0 Å². The second-order valence-electron chi connectivity index (χ2n) is 3.83. The second kappa shape index (κ2) is 6.90. The molecule has 0 aliphatic heterocycles. The third-order valence-corrected chi connectivity index (χ3v) is 4.62. The number of hydrogen-bond donors (Lipinski definition) is 1. The summed E-state index contributed by atoms with van der Waals surface area (Å²) in [7, 11) is 0.993. The largest absolute Gasteiger partial charge is 0.496 e. The maximum atomic E-state index is 11.9. The lowest BCUT2D eigenvalue weighted by molar-refractivity contribution is 0.180. The molecular weight excluding hydrogens is 255 g/mol. The lowest BCUT2D eigenvalue weighted by Crippen LogP contribution is -2.17. The van der Waals surface area contributed by atoms with E-state index in [1.807, 2.05) is 24.3 Å².